The van der Waals surface area contributed by atoms with Gasteiger partial charge in [0.25, 0.3) is 0 Å². The number of alkyl halides is 4. The molecule has 15 nitrogen and oxygen atoms in total. The molecule has 4 bridgehead atoms. The highest BCUT2D eigenvalue weighted by atomic mass is 19.3. The maximum atomic E-state index is 16.3. The minimum Gasteiger partial charge on any atom is -0.453 e. The van der Waals surface area contributed by atoms with E-state index in [0.29, 0.717) is 28.8 Å². The number of methoxy groups -OCH3 is 2. The maximum absolute atomic E-state index is 16.3. The second kappa shape index (κ2) is 16.2. The minimum absolute atomic E-state index is 0.00152. The summed E-state index contributed by atoms with van der Waals surface area (Å²) < 4.78 is 74.8. The Labute approximate surface area is 372 Å². The van der Waals surface area contributed by atoms with Crippen LogP contribution in [0, 0.1) is 23.7 Å². The summed E-state index contributed by atoms with van der Waals surface area (Å²) in [5, 5.41) is 13.6. The van der Waals surface area contributed by atoms with Gasteiger partial charge >= 0.3 is 24.0 Å². The third-order valence-electron chi connectivity index (χ3n) is 14.4. The van der Waals surface area contributed by atoms with Crippen molar-refractivity contribution in [1.29, 1.82) is 0 Å². The number of amides is 4. The lowest BCUT2D eigenvalue weighted by molar-refractivity contribution is -0.225. The Bertz CT molecular complexity index is 2540. The molecule has 4 heterocycles. The van der Waals surface area contributed by atoms with E-state index >= 15 is 17.6 Å². The van der Waals surface area contributed by atoms with Gasteiger partial charge in [-0.1, -0.05) is 52.0 Å². The van der Waals surface area contributed by atoms with Crippen molar-refractivity contribution >= 4 is 24.0 Å². The highest BCUT2D eigenvalue weighted by Crippen LogP contribution is 2.59. The van der Waals surface area contributed by atoms with Crippen LogP contribution in [0.4, 0.5) is 27.2 Å². The van der Waals surface area contributed by atoms with Gasteiger partial charge in [0, 0.05) is 34.3 Å². The minimum atomic E-state index is -4.63. The molecule has 2 saturated heterocycles. The summed E-state index contributed by atoms with van der Waals surface area (Å²) in [5.74, 6) is -9.87. The van der Waals surface area contributed by atoms with E-state index in [1.54, 1.807) is 35.8 Å². The standard InChI is InChI=1S/C46H52F4N8O7/c1-21(2)35(55-43(61)64-5)41(59)56-27-11-7-25(15-27)37(56)39-51-19-33(53-39)23-9-13-29-30-14-10-24(18-32(30)46(49,50)45(47,48)31(29)17-23)34-20-52-40(54-34)38-26-8-12-28(16-26)57(38)42(60)36(22(3)4)58(63)44(62)65-6/h9-10,13-14,17-22,25-28,35-38,63H,7-8,11-12,15-16H2,1-6H3,(H,51,53)(H,52,54)(H,55,61)/t25-,26-,27+,28+,35-,36-,37-,38-/m0/s1. The first kappa shape index (κ1) is 44.2. The molecule has 9 rings (SSSR count). The number of rotatable bonds is 10. The van der Waals surface area contributed by atoms with E-state index in [1.165, 1.54) is 31.6 Å². The second-order valence-electron chi connectivity index (χ2n) is 18.7. The number of carbonyl (C=O) groups is 4. The Balaban J connectivity index is 0.995. The lowest BCUT2D eigenvalue weighted by Crippen LogP contribution is -2.54. The van der Waals surface area contributed by atoms with E-state index in [1.807, 2.05) is 13.8 Å². The van der Waals surface area contributed by atoms with E-state index in [4.69, 9.17) is 4.74 Å². The van der Waals surface area contributed by atoms with Gasteiger partial charge in [-0.05, 0) is 85.5 Å². The number of piperidine rings is 2. The van der Waals surface area contributed by atoms with Crippen molar-refractivity contribution in [2.75, 3.05) is 14.2 Å². The predicted octanol–water partition coefficient (Wildman–Crippen LogP) is 8.30. The van der Waals surface area contributed by atoms with Gasteiger partial charge in [-0.25, -0.2) is 19.6 Å². The monoisotopic (exact) mass is 904 g/mol. The molecule has 4 fully saturated rings. The van der Waals surface area contributed by atoms with Crippen LogP contribution in [0.1, 0.15) is 101 Å². The number of H-pyrrole nitrogens is 2. The largest absolute Gasteiger partial charge is 0.453 e. The van der Waals surface area contributed by atoms with Crippen molar-refractivity contribution in [3.05, 3.63) is 71.6 Å². The number of imidazole rings is 2. The number of hydroxylamine groups is 2. The number of ether oxygens (including phenoxy) is 2. The molecule has 2 aromatic carbocycles. The Hall–Kier alpha value is -5.98. The van der Waals surface area contributed by atoms with Crippen LogP contribution in [0.5, 0.6) is 0 Å². The third kappa shape index (κ3) is 7.02. The first-order valence-corrected chi connectivity index (χ1v) is 22.1. The van der Waals surface area contributed by atoms with Gasteiger partial charge in [-0.3, -0.25) is 14.8 Å². The number of aromatic amines is 2. The van der Waals surface area contributed by atoms with Crippen molar-refractivity contribution < 1.29 is 51.4 Å². The molecule has 65 heavy (non-hydrogen) atoms. The van der Waals surface area contributed by atoms with Gasteiger partial charge in [0.05, 0.1) is 50.1 Å². The molecule has 4 N–H and O–H groups in total. The smallest absolute Gasteiger partial charge is 0.434 e. The quantitative estimate of drug-likeness (QED) is 0.0690. The average Bonchev–Trinajstić information content (AvgIpc) is 4.16. The van der Waals surface area contributed by atoms with Crippen molar-refractivity contribution in [1.82, 2.24) is 40.1 Å². The number of nitrogens with zero attached hydrogens (tertiary/aromatic N) is 5. The van der Waals surface area contributed by atoms with E-state index in [-0.39, 0.29) is 63.7 Å². The first-order valence-electron chi connectivity index (χ1n) is 22.1. The Kier molecular flexibility index (Phi) is 11.0. The summed E-state index contributed by atoms with van der Waals surface area (Å²) in [4.78, 5) is 71.4. The van der Waals surface area contributed by atoms with Gasteiger partial charge < -0.3 is 34.6 Å². The lowest BCUT2D eigenvalue weighted by Gasteiger charge is -2.38. The number of hydrogen-bond donors (Lipinski definition) is 4. The summed E-state index contributed by atoms with van der Waals surface area (Å²) in [5.41, 5.74) is -0.830. The molecule has 2 saturated carbocycles. The number of hydrogen-bond acceptors (Lipinski definition) is 9. The van der Waals surface area contributed by atoms with Crippen LogP contribution in [0.3, 0.4) is 0 Å². The van der Waals surface area contributed by atoms with Crippen molar-refractivity contribution in [2.45, 2.75) is 114 Å². The first-order chi connectivity index (χ1) is 30.9. The van der Waals surface area contributed by atoms with Crippen LogP contribution < -0.4 is 5.32 Å². The molecule has 19 heteroatoms. The highest BCUT2D eigenvalue weighted by Gasteiger charge is 2.63. The molecule has 2 aliphatic heterocycles. The summed E-state index contributed by atoms with van der Waals surface area (Å²) in [6.45, 7) is 7.03. The zero-order chi connectivity index (χ0) is 46.4. The van der Waals surface area contributed by atoms with Crippen LogP contribution in [0.2, 0.25) is 0 Å². The van der Waals surface area contributed by atoms with E-state index in [9.17, 15) is 24.4 Å². The van der Waals surface area contributed by atoms with E-state index in [2.05, 4.69) is 30.0 Å². The number of alkyl carbamates (subject to hydrolysis) is 1. The second-order valence-corrected chi connectivity index (χ2v) is 18.7. The molecule has 0 spiro atoms. The number of likely N-dealkylation sites (tertiary alicyclic amines) is 2. The summed E-state index contributed by atoms with van der Waals surface area (Å²) >= 11 is 0. The highest BCUT2D eigenvalue weighted by molar-refractivity contribution is 5.88. The summed E-state index contributed by atoms with van der Waals surface area (Å²) in [6, 6.07) is 4.64. The maximum Gasteiger partial charge on any atom is 0.434 e. The fraction of sp³-hybridized carbons (Fsp3) is 0.522. The fourth-order valence-electron chi connectivity index (χ4n) is 11.2. The zero-order valence-electron chi connectivity index (χ0n) is 36.8. The normalized spacial score (nSPS) is 25.4. The van der Waals surface area contributed by atoms with Gasteiger partial charge in [-0.2, -0.15) is 22.6 Å². The fourth-order valence-corrected chi connectivity index (χ4v) is 11.2. The number of nitrogens with one attached hydrogen (secondary N) is 3. The van der Waals surface area contributed by atoms with Crippen LogP contribution in [0.15, 0.2) is 48.8 Å². The van der Waals surface area contributed by atoms with Crippen LogP contribution in [0.25, 0.3) is 33.6 Å². The number of benzene rings is 2. The van der Waals surface area contributed by atoms with Gasteiger partial charge in [0.2, 0.25) is 11.8 Å². The number of aromatic nitrogens is 4. The molecule has 0 radical (unpaired) electrons. The van der Waals surface area contributed by atoms with Crippen LogP contribution in [-0.2, 0) is 30.9 Å². The van der Waals surface area contributed by atoms with Crippen LogP contribution >= 0.6 is 0 Å². The third-order valence-corrected chi connectivity index (χ3v) is 14.4. The van der Waals surface area contributed by atoms with Crippen molar-refractivity contribution in [3.63, 3.8) is 0 Å². The Morgan fingerprint density at radius 2 is 1.22 bits per heavy atom. The van der Waals surface area contributed by atoms with Crippen molar-refractivity contribution in [2.24, 2.45) is 23.7 Å². The molecule has 4 aromatic rings. The summed E-state index contributed by atoms with van der Waals surface area (Å²) in [7, 11) is 2.32. The number of carbonyl (C=O) groups excluding carboxylic acids is 4. The van der Waals surface area contributed by atoms with E-state index < -0.39 is 71.2 Å². The van der Waals surface area contributed by atoms with E-state index in [0.717, 1.165) is 51.3 Å². The van der Waals surface area contributed by atoms with Gasteiger partial charge in [0.1, 0.15) is 23.7 Å². The van der Waals surface area contributed by atoms with Gasteiger partial charge in [0.15, 0.2) is 0 Å². The van der Waals surface area contributed by atoms with Crippen LogP contribution in [-0.4, -0.2) is 102 Å². The topological polar surface area (TPSA) is 186 Å². The SMILES string of the molecule is COC(=O)N[C@H](C(=O)N1[C@@H]2CC[C@@H](C2)[C@H]1c1ncc(-c2ccc3c(c2)C(F)(F)C(F)(F)c2cc(-c4cnc([C@@H]5[C@H]6CC[C@H](C6)N5C(=O)[C@H](C(C)C)N(O)C(=O)OC)[nH]4)ccc2-3)[nH]1)C(C)C. The molecule has 5 aliphatic rings. The number of halogens is 4. The molecule has 346 valence electrons. The molecular weight excluding hydrogens is 853 g/mol. The molecule has 3 aliphatic carbocycles. The molecule has 4 amide bonds. The summed E-state index contributed by atoms with van der Waals surface area (Å²) in [6.07, 6.45) is 5.62. The average molecular weight is 905 g/mol. The zero-order valence-corrected chi connectivity index (χ0v) is 36.8. The Morgan fingerprint density at radius 3 is 1.65 bits per heavy atom. The number of fused-ring (bicyclic) bond motifs is 7. The Morgan fingerprint density at radius 1 is 0.738 bits per heavy atom. The lowest BCUT2D eigenvalue weighted by atomic mass is 9.79. The van der Waals surface area contributed by atoms with Crippen molar-refractivity contribution in [3.8, 4) is 33.6 Å². The van der Waals surface area contributed by atoms with Gasteiger partial charge in [-0.15, -0.1) is 0 Å². The molecule has 2 aromatic heterocycles. The molecule has 8 atom stereocenters. The molecule has 0 unspecified atom stereocenters. The predicted molar refractivity (Wildman–Crippen MR) is 225 cm³/mol. The molecular formula is C46H52F4N8O7.